The molecule has 0 aromatic rings. The Morgan fingerprint density at radius 2 is 1.00 bits per heavy atom. The monoisotopic (exact) mass is 564 g/mol. The van der Waals surface area contributed by atoms with Gasteiger partial charge in [0.25, 0.3) is 0 Å². The van der Waals surface area contributed by atoms with Crippen molar-refractivity contribution in [2.75, 3.05) is 13.2 Å². The second-order valence-corrected chi connectivity index (χ2v) is 11.8. The molecule has 8 nitrogen and oxygen atoms in total. The highest BCUT2D eigenvalue weighted by Gasteiger charge is 2.21. The molecule has 0 spiro atoms. The average molecular weight is 565 g/mol. The number of ether oxygens (including phenoxy) is 2. The lowest BCUT2D eigenvalue weighted by Crippen LogP contribution is -2.28. The van der Waals surface area contributed by atoms with Gasteiger partial charge in [-0.25, -0.2) is 4.57 Å². The number of phosphoric ester groups is 1. The summed E-state index contributed by atoms with van der Waals surface area (Å²) < 4.78 is 25.1. The Labute approximate surface area is 232 Å². The molecular weight excluding hydrogens is 507 g/mol. The van der Waals surface area contributed by atoms with Crippen LogP contribution in [0.1, 0.15) is 155 Å². The number of esters is 2. The summed E-state index contributed by atoms with van der Waals surface area (Å²) >= 11 is 0. The minimum atomic E-state index is -4.69. The lowest BCUT2D eigenvalue weighted by molar-refractivity contribution is -0.159. The Morgan fingerprint density at radius 1 is 0.632 bits per heavy atom. The molecule has 0 unspecified atom stereocenters. The molecule has 0 amide bonds. The third-order valence-electron chi connectivity index (χ3n) is 6.68. The van der Waals surface area contributed by atoms with Crippen LogP contribution >= 0.6 is 7.82 Å². The molecule has 0 radical (unpaired) electrons. The van der Waals surface area contributed by atoms with Crippen LogP contribution in [0.25, 0.3) is 0 Å². The van der Waals surface area contributed by atoms with E-state index in [0.717, 1.165) is 26.2 Å². The summed E-state index contributed by atoms with van der Waals surface area (Å²) in [7, 11) is -4.69. The molecule has 1 atom stereocenters. The third kappa shape index (κ3) is 29.6. The molecule has 0 bridgehead atoms. The maximum Gasteiger partial charge on any atom is 0.469 e. The lowest BCUT2D eigenvalue weighted by Gasteiger charge is -2.17. The molecule has 9 heteroatoms. The second-order valence-electron chi connectivity index (χ2n) is 10.5. The molecule has 0 aliphatic carbocycles. The highest BCUT2D eigenvalue weighted by Crippen LogP contribution is 2.35. The summed E-state index contributed by atoms with van der Waals surface area (Å²) in [6.07, 6.45) is 26.6. The van der Waals surface area contributed by atoms with Crippen LogP contribution in [0.3, 0.4) is 0 Å². The molecule has 0 aliphatic rings. The molecule has 38 heavy (non-hydrogen) atoms. The zero-order valence-corrected chi connectivity index (χ0v) is 25.2. The fourth-order valence-corrected chi connectivity index (χ4v) is 4.85. The third-order valence-corrected chi connectivity index (χ3v) is 7.16. The Kier molecular flexibility index (Phi) is 25.6. The van der Waals surface area contributed by atoms with Gasteiger partial charge in [0.2, 0.25) is 0 Å². The number of hydrogen-bond donors (Lipinski definition) is 2. The van der Waals surface area contributed by atoms with Crippen molar-refractivity contribution in [3.63, 3.8) is 0 Å². The maximum absolute atomic E-state index is 11.9. The van der Waals surface area contributed by atoms with Crippen molar-refractivity contribution in [2.24, 2.45) is 0 Å². The summed E-state index contributed by atoms with van der Waals surface area (Å²) in [6, 6.07) is 0. The van der Waals surface area contributed by atoms with Crippen molar-refractivity contribution >= 4 is 19.8 Å². The topological polar surface area (TPSA) is 119 Å². The summed E-state index contributed by atoms with van der Waals surface area (Å²) in [6.45, 7) is 2.59. The normalized spacial score (nSPS) is 12.4. The van der Waals surface area contributed by atoms with Gasteiger partial charge in [-0.1, -0.05) is 135 Å². The van der Waals surface area contributed by atoms with Crippen molar-refractivity contribution in [2.45, 2.75) is 161 Å². The largest absolute Gasteiger partial charge is 0.469 e. The summed E-state index contributed by atoms with van der Waals surface area (Å²) in [5.41, 5.74) is 0. The van der Waals surface area contributed by atoms with Crippen LogP contribution < -0.4 is 0 Å². The molecule has 0 rings (SSSR count). The van der Waals surface area contributed by atoms with E-state index in [1.165, 1.54) is 116 Å². The predicted molar refractivity (Wildman–Crippen MR) is 152 cm³/mol. The number of phosphoric acid groups is 1. The standard InChI is InChI=1S/C29H57O8P/c1-3-4-5-6-7-8-9-10-11-12-13-14-15-16-17-18-19-20-21-22-23-24-29(31)35-25-28(37-27(2)30)26-36-38(32,33)34/h28H,3-26H2,1-2H3,(H2,32,33,34)/t28-/m1/s1. The first kappa shape index (κ1) is 37.0. The van der Waals surface area contributed by atoms with E-state index in [4.69, 9.17) is 19.3 Å². The second kappa shape index (κ2) is 26.3. The van der Waals surface area contributed by atoms with E-state index in [0.29, 0.717) is 0 Å². The van der Waals surface area contributed by atoms with Gasteiger partial charge in [-0.2, -0.15) is 0 Å². The van der Waals surface area contributed by atoms with Gasteiger partial charge in [0.05, 0.1) is 6.61 Å². The minimum Gasteiger partial charge on any atom is -0.462 e. The van der Waals surface area contributed by atoms with Crippen molar-refractivity contribution < 1.29 is 37.9 Å². The zero-order valence-electron chi connectivity index (χ0n) is 24.3. The van der Waals surface area contributed by atoms with Gasteiger partial charge in [0, 0.05) is 13.3 Å². The average Bonchev–Trinajstić information content (AvgIpc) is 2.85. The van der Waals surface area contributed by atoms with Crippen molar-refractivity contribution in [3.8, 4) is 0 Å². The first-order valence-electron chi connectivity index (χ1n) is 15.3. The van der Waals surface area contributed by atoms with E-state index in [1.807, 2.05) is 0 Å². The molecule has 0 saturated carbocycles. The van der Waals surface area contributed by atoms with Gasteiger partial charge < -0.3 is 19.3 Å². The van der Waals surface area contributed by atoms with Gasteiger partial charge >= 0.3 is 19.8 Å². The quantitative estimate of drug-likeness (QED) is 0.0555. The molecule has 2 N–H and O–H groups in total. The first-order valence-corrected chi connectivity index (χ1v) is 16.8. The van der Waals surface area contributed by atoms with Crippen LogP contribution in [0.2, 0.25) is 0 Å². The van der Waals surface area contributed by atoms with E-state index in [1.54, 1.807) is 0 Å². The molecule has 0 fully saturated rings. The summed E-state index contributed by atoms with van der Waals surface area (Å²) in [5.74, 6) is -1.07. The Morgan fingerprint density at radius 3 is 1.34 bits per heavy atom. The number of carbonyl (C=O) groups is 2. The van der Waals surface area contributed by atoms with E-state index < -0.39 is 32.5 Å². The molecule has 0 saturated heterocycles. The fourth-order valence-electron chi connectivity index (χ4n) is 4.49. The smallest absolute Gasteiger partial charge is 0.462 e. The fraction of sp³-hybridized carbons (Fsp3) is 0.931. The van der Waals surface area contributed by atoms with Crippen LogP contribution in [0.5, 0.6) is 0 Å². The van der Waals surface area contributed by atoms with Crippen molar-refractivity contribution in [1.29, 1.82) is 0 Å². The molecule has 226 valence electrons. The van der Waals surface area contributed by atoms with Crippen LogP contribution in [0.15, 0.2) is 0 Å². The van der Waals surface area contributed by atoms with Crippen LogP contribution in [-0.4, -0.2) is 41.0 Å². The maximum atomic E-state index is 11.9. The SMILES string of the molecule is CCCCCCCCCCCCCCCCCCCCCCCC(=O)OC[C@H](COP(=O)(O)O)OC(C)=O. The minimum absolute atomic E-state index is 0.269. The number of unbranched alkanes of at least 4 members (excludes halogenated alkanes) is 20. The molecular formula is C29H57O8P. The highest BCUT2D eigenvalue weighted by molar-refractivity contribution is 7.46. The highest BCUT2D eigenvalue weighted by atomic mass is 31.2. The Balaban J connectivity index is 3.43. The Hall–Kier alpha value is -0.950. The number of hydrogen-bond acceptors (Lipinski definition) is 6. The van der Waals surface area contributed by atoms with Crippen molar-refractivity contribution in [1.82, 2.24) is 0 Å². The van der Waals surface area contributed by atoms with Crippen LogP contribution in [-0.2, 0) is 28.2 Å². The molecule has 0 aromatic heterocycles. The van der Waals surface area contributed by atoms with Gasteiger partial charge in [-0.3, -0.25) is 14.1 Å². The van der Waals surface area contributed by atoms with Gasteiger partial charge in [-0.15, -0.1) is 0 Å². The van der Waals surface area contributed by atoms with Gasteiger partial charge in [0.15, 0.2) is 6.10 Å². The number of rotatable bonds is 28. The molecule has 0 aliphatic heterocycles. The van der Waals surface area contributed by atoms with Gasteiger partial charge in [0.1, 0.15) is 6.61 Å². The Bertz CT molecular complexity index is 607. The predicted octanol–water partition coefficient (Wildman–Crippen LogP) is 8.17. The summed E-state index contributed by atoms with van der Waals surface area (Å²) in [4.78, 5) is 40.5. The van der Waals surface area contributed by atoms with E-state index in [-0.39, 0.29) is 13.0 Å². The lowest BCUT2D eigenvalue weighted by atomic mass is 10.0. The van der Waals surface area contributed by atoms with E-state index >= 15 is 0 Å². The van der Waals surface area contributed by atoms with Crippen LogP contribution in [0, 0.1) is 0 Å². The first-order chi connectivity index (χ1) is 18.2. The summed E-state index contributed by atoms with van der Waals surface area (Å²) in [5, 5.41) is 0. The molecule has 0 heterocycles. The van der Waals surface area contributed by atoms with Crippen LogP contribution in [0.4, 0.5) is 0 Å². The molecule has 0 aromatic carbocycles. The zero-order chi connectivity index (χ0) is 28.3. The van der Waals surface area contributed by atoms with Crippen molar-refractivity contribution in [3.05, 3.63) is 0 Å². The van der Waals surface area contributed by atoms with E-state index in [2.05, 4.69) is 11.4 Å². The van der Waals surface area contributed by atoms with E-state index in [9.17, 15) is 14.2 Å². The van der Waals surface area contributed by atoms with Gasteiger partial charge in [-0.05, 0) is 6.42 Å². The number of carbonyl (C=O) groups excluding carboxylic acids is 2.